The van der Waals surface area contributed by atoms with Crippen molar-refractivity contribution >= 4 is 17.3 Å². The van der Waals surface area contributed by atoms with Gasteiger partial charge in [-0.25, -0.2) is 0 Å². The van der Waals surface area contributed by atoms with Crippen molar-refractivity contribution in [1.82, 2.24) is 5.32 Å². The minimum atomic E-state index is -0.448. The number of nitrogens with one attached hydrogen (secondary N) is 2. The van der Waals surface area contributed by atoms with Gasteiger partial charge < -0.3 is 15.4 Å². The first-order valence-electron chi connectivity index (χ1n) is 9.61. The fourth-order valence-electron chi connectivity index (χ4n) is 3.56. The van der Waals surface area contributed by atoms with Gasteiger partial charge in [0, 0.05) is 36.7 Å². The summed E-state index contributed by atoms with van der Waals surface area (Å²) in [7, 11) is 0. The van der Waals surface area contributed by atoms with Crippen LogP contribution in [0.2, 0.25) is 0 Å². The van der Waals surface area contributed by atoms with Crippen LogP contribution in [0.3, 0.4) is 0 Å². The Hall–Kier alpha value is -2.93. The van der Waals surface area contributed by atoms with Crippen molar-refractivity contribution in [3.8, 4) is 0 Å². The molecule has 1 aliphatic carbocycles. The number of hydrogen-bond donors (Lipinski definition) is 2. The summed E-state index contributed by atoms with van der Waals surface area (Å²) in [5.41, 5.74) is 1.77. The third kappa shape index (κ3) is 4.14. The molecule has 1 saturated carbocycles. The first-order chi connectivity index (χ1) is 13.6. The van der Waals surface area contributed by atoms with Crippen LogP contribution in [0.4, 0.5) is 11.4 Å². The molecule has 2 aromatic carbocycles. The van der Waals surface area contributed by atoms with Gasteiger partial charge in [-0.15, -0.1) is 0 Å². The topological polar surface area (TPSA) is 93.5 Å². The van der Waals surface area contributed by atoms with Crippen molar-refractivity contribution in [1.29, 1.82) is 0 Å². The molecule has 2 atom stereocenters. The van der Waals surface area contributed by atoms with Crippen LogP contribution in [0.15, 0.2) is 48.5 Å². The van der Waals surface area contributed by atoms with E-state index in [1.54, 1.807) is 12.1 Å². The number of anilines is 1. The van der Waals surface area contributed by atoms with E-state index >= 15 is 0 Å². The molecule has 0 bridgehead atoms. The standard InChI is InChI=1S/C21H23N3O4/c25-21(23-17-7-8-17)15-6-9-18(19(12-15)24(26)27)22-13-16-10-11-28-20(16)14-4-2-1-3-5-14/h1-6,9,12,16-17,20,22H,7-8,10-11,13H2,(H,23,25). The van der Waals surface area contributed by atoms with Crippen molar-refractivity contribution in [2.75, 3.05) is 18.5 Å². The molecule has 4 rings (SSSR count). The van der Waals surface area contributed by atoms with Crippen LogP contribution < -0.4 is 10.6 Å². The molecule has 1 amide bonds. The molecule has 7 heteroatoms. The Balaban J connectivity index is 1.46. The van der Waals surface area contributed by atoms with Crippen LogP contribution in [0.25, 0.3) is 0 Å². The van der Waals surface area contributed by atoms with E-state index in [1.165, 1.54) is 6.07 Å². The van der Waals surface area contributed by atoms with Gasteiger partial charge in [-0.2, -0.15) is 0 Å². The average molecular weight is 381 g/mol. The number of ether oxygens (including phenoxy) is 1. The van der Waals surface area contributed by atoms with E-state index in [0.717, 1.165) is 24.8 Å². The van der Waals surface area contributed by atoms with E-state index in [-0.39, 0.29) is 29.7 Å². The van der Waals surface area contributed by atoms with Gasteiger partial charge in [0.25, 0.3) is 11.6 Å². The summed E-state index contributed by atoms with van der Waals surface area (Å²) < 4.78 is 5.88. The van der Waals surface area contributed by atoms with Crippen LogP contribution in [0, 0.1) is 16.0 Å². The number of carbonyl (C=O) groups excluding carboxylic acids is 1. The van der Waals surface area contributed by atoms with E-state index < -0.39 is 4.92 Å². The number of nitrogens with zero attached hydrogens (tertiary/aromatic N) is 1. The van der Waals surface area contributed by atoms with Gasteiger partial charge in [0.05, 0.1) is 11.0 Å². The minimum absolute atomic E-state index is 0.0173. The highest BCUT2D eigenvalue weighted by atomic mass is 16.6. The van der Waals surface area contributed by atoms with Crippen molar-refractivity contribution < 1.29 is 14.5 Å². The molecule has 0 spiro atoms. The third-order valence-corrected chi connectivity index (χ3v) is 5.27. The maximum absolute atomic E-state index is 12.2. The van der Waals surface area contributed by atoms with Gasteiger partial charge >= 0.3 is 0 Å². The predicted octanol–water partition coefficient (Wildman–Crippen LogP) is 3.68. The lowest BCUT2D eigenvalue weighted by atomic mass is 9.95. The lowest BCUT2D eigenvalue weighted by Gasteiger charge is -2.20. The molecule has 2 aliphatic rings. The molecule has 0 radical (unpaired) electrons. The SMILES string of the molecule is O=C(NC1CC1)c1ccc(NCC2CCOC2c2ccccc2)c([N+](=O)[O-])c1. The number of hydrogen-bond acceptors (Lipinski definition) is 5. The van der Waals surface area contributed by atoms with Crippen LogP contribution >= 0.6 is 0 Å². The van der Waals surface area contributed by atoms with Crippen LogP contribution in [-0.2, 0) is 4.74 Å². The fraction of sp³-hybridized carbons (Fsp3) is 0.381. The largest absolute Gasteiger partial charge is 0.379 e. The summed E-state index contributed by atoms with van der Waals surface area (Å²) in [4.78, 5) is 23.3. The number of rotatable bonds is 7. The summed E-state index contributed by atoms with van der Waals surface area (Å²) >= 11 is 0. The smallest absolute Gasteiger partial charge is 0.293 e. The second-order valence-electron chi connectivity index (χ2n) is 7.37. The first kappa shape index (κ1) is 18.4. The minimum Gasteiger partial charge on any atom is -0.379 e. The second kappa shape index (κ2) is 7.98. The summed E-state index contributed by atoms with van der Waals surface area (Å²) in [6, 6.07) is 14.8. The molecule has 7 nitrogen and oxygen atoms in total. The zero-order valence-electron chi connectivity index (χ0n) is 15.5. The average Bonchev–Trinajstić information content (AvgIpc) is 3.40. The fourth-order valence-corrected chi connectivity index (χ4v) is 3.56. The van der Waals surface area contributed by atoms with E-state index in [1.807, 2.05) is 30.3 Å². The summed E-state index contributed by atoms with van der Waals surface area (Å²) in [5, 5.41) is 17.6. The Morgan fingerprint density at radius 2 is 1.93 bits per heavy atom. The van der Waals surface area contributed by atoms with E-state index in [9.17, 15) is 14.9 Å². The number of benzene rings is 2. The molecule has 1 aliphatic heterocycles. The number of nitro groups is 1. The highest BCUT2D eigenvalue weighted by Gasteiger charge is 2.30. The lowest BCUT2D eigenvalue weighted by Crippen LogP contribution is -2.25. The highest BCUT2D eigenvalue weighted by Crippen LogP contribution is 2.35. The quantitative estimate of drug-likeness (QED) is 0.564. The van der Waals surface area contributed by atoms with Crippen molar-refractivity contribution in [2.24, 2.45) is 5.92 Å². The monoisotopic (exact) mass is 381 g/mol. The maximum atomic E-state index is 12.2. The van der Waals surface area contributed by atoms with Crippen LogP contribution in [-0.4, -0.2) is 30.0 Å². The zero-order valence-corrected chi connectivity index (χ0v) is 15.5. The Kier molecular flexibility index (Phi) is 5.25. The summed E-state index contributed by atoms with van der Waals surface area (Å²) in [5.74, 6) is -0.0367. The van der Waals surface area contributed by atoms with E-state index in [4.69, 9.17) is 4.74 Å². The molecule has 2 fully saturated rings. The molecule has 146 valence electrons. The molecule has 1 saturated heterocycles. The number of carbonyl (C=O) groups is 1. The maximum Gasteiger partial charge on any atom is 0.293 e. The molecule has 2 aromatic rings. The first-order valence-corrected chi connectivity index (χ1v) is 9.61. The van der Waals surface area contributed by atoms with Gasteiger partial charge in [0.1, 0.15) is 5.69 Å². The van der Waals surface area contributed by atoms with Crippen LogP contribution in [0.1, 0.15) is 41.3 Å². The summed E-state index contributed by atoms with van der Waals surface area (Å²) in [6.45, 7) is 1.24. The van der Waals surface area contributed by atoms with Crippen LogP contribution in [0.5, 0.6) is 0 Å². The molecule has 0 aromatic heterocycles. The van der Waals surface area contributed by atoms with Crippen molar-refractivity contribution in [2.45, 2.75) is 31.4 Å². The molecule has 28 heavy (non-hydrogen) atoms. The van der Waals surface area contributed by atoms with E-state index in [2.05, 4.69) is 10.6 Å². The second-order valence-corrected chi connectivity index (χ2v) is 7.37. The molecular weight excluding hydrogens is 358 g/mol. The molecular formula is C21H23N3O4. The van der Waals surface area contributed by atoms with Crippen molar-refractivity contribution in [3.05, 3.63) is 69.8 Å². The van der Waals surface area contributed by atoms with Gasteiger partial charge in [-0.05, 0) is 37.0 Å². The van der Waals surface area contributed by atoms with Gasteiger partial charge in [-0.1, -0.05) is 30.3 Å². The Morgan fingerprint density at radius 3 is 2.64 bits per heavy atom. The normalized spacial score (nSPS) is 21.3. The lowest BCUT2D eigenvalue weighted by molar-refractivity contribution is -0.384. The van der Waals surface area contributed by atoms with Gasteiger partial charge in [0.15, 0.2) is 0 Å². The molecule has 2 unspecified atom stereocenters. The Bertz CT molecular complexity index is 867. The van der Waals surface area contributed by atoms with Gasteiger partial charge in [-0.3, -0.25) is 14.9 Å². The molecule has 2 N–H and O–H groups in total. The summed E-state index contributed by atoms with van der Waals surface area (Å²) in [6.07, 6.45) is 2.82. The van der Waals surface area contributed by atoms with Crippen molar-refractivity contribution in [3.63, 3.8) is 0 Å². The number of amides is 1. The Morgan fingerprint density at radius 1 is 1.14 bits per heavy atom. The molecule has 1 heterocycles. The zero-order chi connectivity index (χ0) is 19.5. The Labute approximate surface area is 163 Å². The highest BCUT2D eigenvalue weighted by molar-refractivity contribution is 5.96. The van der Waals surface area contributed by atoms with E-state index in [0.29, 0.717) is 24.4 Å². The number of nitro benzene ring substituents is 1. The predicted molar refractivity (Wildman–Crippen MR) is 105 cm³/mol. The van der Waals surface area contributed by atoms with Gasteiger partial charge in [0.2, 0.25) is 0 Å². The third-order valence-electron chi connectivity index (χ3n) is 5.27.